The molecule has 2 atom stereocenters. The van der Waals surface area contributed by atoms with Crippen molar-refractivity contribution in [3.63, 3.8) is 0 Å². The molecule has 1 aliphatic rings. The molecule has 0 bridgehead atoms. The van der Waals surface area contributed by atoms with E-state index in [4.69, 9.17) is 4.74 Å². The third-order valence-electron chi connectivity index (χ3n) is 5.49. The van der Waals surface area contributed by atoms with Crippen LogP contribution < -0.4 is 14.4 Å². The first-order valence-electron chi connectivity index (χ1n) is 10.4. The Morgan fingerprint density at radius 2 is 1.71 bits per heavy atom. The molecule has 0 fully saturated rings. The highest BCUT2D eigenvalue weighted by Gasteiger charge is 2.37. The quantitative estimate of drug-likeness (QED) is 0.750. The molecule has 3 rings (SSSR count). The van der Waals surface area contributed by atoms with E-state index in [2.05, 4.69) is 5.32 Å². The molecule has 2 aromatic carbocycles. The van der Waals surface area contributed by atoms with E-state index in [9.17, 15) is 13.2 Å². The van der Waals surface area contributed by atoms with Gasteiger partial charge >= 0.3 is 0 Å². The minimum atomic E-state index is -3.68. The van der Waals surface area contributed by atoms with Crippen LogP contribution in [-0.2, 0) is 14.8 Å². The zero-order valence-electron chi connectivity index (χ0n) is 19.3. The fourth-order valence-corrected chi connectivity index (χ4v) is 5.44. The molecule has 7 heteroatoms. The Balaban J connectivity index is 1.93. The highest BCUT2D eigenvalue weighted by Crippen LogP contribution is 2.40. The van der Waals surface area contributed by atoms with E-state index >= 15 is 0 Å². The third kappa shape index (κ3) is 5.21. The summed E-state index contributed by atoms with van der Waals surface area (Å²) < 4.78 is 32.6. The van der Waals surface area contributed by atoms with Crippen LogP contribution in [0.2, 0.25) is 0 Å². The molecule has 1 aliphatic heterocycles. The molecular weight excluding hydrogens is 412 g/mol. The van der Waals surface area contributed by atoms with Gasteiger partial charge in [-0.15, -0.1) is 0 Å². The maximum absolute atomic E-state index is 13.3. The van der Waals surface area contributed by atoms with Gasteiger partial charge in [0.25, 0.3) is 0 Å². The van der Waals surface area contributed by atoms with E-state index in [1.54, 1.807) is 19.1 Å². The number of ether oxygens (including phenoxy) is 1. The summed E-state index contributed by atoms with van der Waals surface area (Å²) in [5.74, 6) is 0.397. The van der Waals surface area contributed by atoms with Crippen LogP contribution in [0.1, 0.15) is 55.5 Å². The molecule has 0 aromatic heterocycles. The number of rotatable bonds is 5. The topological polar surface area (TPSA) is 75.7 Å². The lowest BCUT2D eigenvalue weighted by Crippen LogP contribution is -2.50. The SMILES string of the molecule is Cc1cc(C)cc(N(C(C)C(=O)NC2CC(C)(C)Oc3ccc(C)cc32)S(C)(=O)=O)c1. The zero-order valence-corrected chi connectivity index (χ0v) is 20.1. The predicted molar refractivity (Wildman–Crippen MR) is 124 cm³/mol. The largest absolute Gasteiger partial charge is 0.487 e. The van der Waals surface area contributed by atoms with Crippen LogP contribution in [0, 0.1) is 20.8 Å². The van der Waals surface area contributed by atoms with Gasteiger partial charge in [0.15, 0.2) is 0 Å². The van der Waals surface area contributed by atoms with Crippen molar-refractivity contribution in [1.82, 2.24) is 5.32 Å². The number of carbonyl (C=O) groups excluding carboxylic acids is 1. The van der Waals surface area contributed by atoms with Gasteiger partial charge in [0.05, 0.1) is 18.0 Å². The molecule has 0 spiro atoms. The molecule has 6 nitrogen and oxygen atoms in total. The van der Waals surface area contributed by atoms with Crippen LogP contribution in [0.5, 0.6) is 5.75 Å². The third-order valence-corrected chi connectivity index (χ3v) is 6.73. The van der Waals surface area contributed by atoms with Gasteiger partial charge in [0.1, 0.15) is 17.4 Å². The Labute approximate surface area is 185 Å². The average molecular weight is 445 g/mol. The number of benzene rings is 2. The second-order valence-electron chi connectivity index (χ2n) is 9.25. The number of fused-ring (bicyclic) bond motifs is 1. The Kier molecular flexibility index (Phi) is 6.11. The number of hydrogen-bond acceptors (Lipinski definition) is 4. The van der Waals surface area contributed by atoms with Crippen molar-refractivity contribution >= 4 is 21.6 Å². The lowest BCUT2D eigenvalue weighted by molar-refractivity contribution is -0.123. The summed E-state index contributed by atoms with van der Waals surface area (Å²) in [5.41, 5.74) is 3.90. The second-order valence-corrected chi connectivity index (χ2v) is 11.1. The van der Waals surface area contributed by atoms with Gasteiger partial charge < -0.3 is 10.1 Å². The number of amides is 1. The summed E-state index contributed by atoms with van der Waals surface area (Å²) in [4.78, 5) is 13.3. The van der Waals surface area contributed by atoms with E-state index in [-0.39, 0.29) is 11.9 Å². The number of nitrogens with one attached hydrogen (secondary N) is 1. The van der Waals surface area contributed by atoms with E-state index in [1.807, 2.05) is 58.9 Å². The minimum Gasteiger partial charge on any atom is -0.487 e. The average Bonchev–Trinajstić information content (AvgIpc) is 2.59. The lowest BCUT2D eigenvalue weighted by Gasteiger charge is -2.39. The molecule has 0 radical (unpaired) electrons. The van der Waals surface area contributed by atoms with Crippen molar-refractivity contribution in [2.75, 3.05) is 10.6 Å². The Morgan fingerprint density at radius 3 is 2.29 bits per heavy atom. The van der Waals surface area contributed by atoms with Crippen LogP contribution >= 0.6 is 0 Å². The second kappa shape index (κ2) is 8.19. The molecular formula is C24H32N2O4S. The zero-order chi connectivity index (χ0) is 23.1. The first kappa shape index (κ1) is 23.1. The van der Waals surface area contributed by atoms with Gasteiger partial charge in [0, 0.05) is 12.0 Å². The first-order chi connectivity index (χ1) is 14.3. The van der Waals surface area contributed by atoms with Gasteiger partial charge in [-0.2, -0.15) is 0 Å². The van der Waals surface area contributed by atoms with Gasteiger partial charge in [-0.3, -0.25) is 9.10 Å². The smallest absolute Gasteiger partial charge is 0.244 e. The number of nitrogens with zero attached hydrogens (tertiary/aromatic N) is 1. The Morgan fingerprint density at radius 1 is 1.10 bits per heavy atom. The number of carbonyl (C=O) groups is 1. The maximum Gasteiger partial charge on any atom is 0.244 e. The highest BCUT2D eigenvalue weighted by molar-refractivity contribution is 7.92. The summed E-state index contributed by atoms with van der Waals surface area (Å²) in [7, 11) is -3.68. The van der Waals surface area contributed by atoms with E-state index in [0.717, 1.165) is 34.3 Å². The predicted octanol–water partition coefficient (Wildman–Crippen LogP) is 4.18. The van der Waals surface area contributed by atoms with Gasteiger partial charge in [0.2, 0.25) is 15.9 Å². The fraction of sp³-hybridized carbons (Fsp3) is 0.458. The maximum atomic E-state index is 13.3. The monoisotopic (exact) mass is 444 g/mol. The molecule has 0 aliphatic carbocycles. The van der Waals surface area contributed by atoms with Crippen LogP contribution in [-0.4, -0.2) is 32.2 Å². The lowest BCUT2D eigenvalue weighted by atomic mass is 9.89. The summed E-state index contributed by atoms with van der Waals surface area (Å²) in [6, 6.07) is 10.3. The molecule has 1 heterocycles. The number of sulfonamides is 1. The first-order valence-corrected chi connectivity index (χ1v) is 12.3. The molecule has 1 N–H and O–H groups in total. The number of aryl methyl sites for hydroxylation is 3. The van der Waals surface area contributed by atoms with E-state index in [0.29, 0.717) is 12.1 Å². The van der Waals surface area contributed by atoms with Crippen LogP contribution in [0.4, 0.5) is 5.69 Å². The van der Waals surface area contributed by atoms with Gasteiger partial charge in [-0.1, -0.05) is 23.8 Å². The molecule has 31 heavy (non-hydrogen) atoms. The molecule has 1 amide bonds. The number of hydrogen-bond donors (Lipinski definition) is 1. The molecule has 0 saturated carbocycles. The van der Waals surface area contributed by atoms with Crippen LogP contribution in [0.3, 0.4) is 0 Å². The summed E-state index contributed by atoms with van der Waals surface area (Å²) in [5, 5.41) is 3.08. The van der Waals surface area contributed by atoms with Crippen LogP contribution in [0.15, 0.2) is 36.4 Å². The van der Waals surface area contributed by atoms with Crippen molar-refractivity contribution in [3.05, 3.63) is 58.7 Å². The number of anilines is 1. The summed E-state index contributed by atoms with van der Waals surface area (Å²) >= 11 is 0. The molecule has 2 aromatic rings. The summed E-state index contributed by atoms with van der Waals surface area (Å²) in [6.07, 6.45) is 1.72. The highest BCUT2D eigenvalue weighted by atomic mass is 32.2. The van der Waals surface area contributed by atoms with Crippen molar-refractivity contribution in [2.45, 2.75) is 65.6 Å². The minimum absolute atomic E-state index is 0.269. The van der Waals surface area contributed by atoms with E-state index in [1.165, 1.54) is 4.31 Å². The molecule has 0 saturated heterocycles. The summed E-state index contributed by atoms with van der Waals surface area (Å²) in [6.45, 7) is 11.4. The Bertz CT molecular complexity index is 1090. The normalized spacial score (nSPS) is 18.5. The van der Waals surface area contributed by atoms with Crippen molar-refractivity contribution in [3.8, 4) is 5.75 Å². The fourth-order valence-electron chi connectivity index (χ4n) is 4.28. The standard InChI is InChI=1S/C24H32N2O4S/c1-15-8-9-22-20(13-15)21(14-24(5,6)30-22)25-23(27)18(4)26(31(7,28)29)19-11-16(2)10-17(3)12-19/h8-13,18,21H,14H2,1-7H3,(H,25,27). The van der Waals surface area contributed by atoms with Gasteiger partial charge in [-0.05, 0) is 70.9 Å². The van der Waals surface area contributed by atoms with E-state index < -0.39 is 21.7 Å². The van der Waals surface area contributed by atoms with Gasteiger partial charge in [-0.25, -0.2) is 8.42 Å². The van der Waals surface area contributed by atoms with Crippen molar-refractivity contribution in [2.24, 2.45) is 0 Å². The van der Waals surface area contributed by atoms with Crippen LogP contribution in [0.25, 0.3) is 0 Å². The molecule has 2 unspecified atom stereocenters. The Hall–Kier alpha value is -2.54. The van der Waals surface area contributed by atoms with Crippen molar-refractivity contribution in [1.29, 1.82) is 0 Å². The van der Waals surface area contributed by atoms with Crippen molar-refractivity contribution < 1.29 is 17.9 Å². The molecule has 168 valence electrons.